The van der Waals surface area contributed by atoms with Crippen LogP contribution in [0.25, 0.3) is 6.08 Å². The first-order valence-electron chi connectivity index (χ1n) is 18.7. The Bertz CT molecular complexity index is 1060. The van der Waals surface area contributed by atoms with Crippen LogP contribution in [0, 0.1) is 0 Å². The number of aliphatic imine (C=N–C) groups is 2. The molecule has 2 heteroatoms. The van der Waals surface area contributed by atoms with Crippen LogP contribution in [0.4, 0.5) is 11.4 Å². The predicted molar refractivity (Wildman–Crippen MR) is 200 cm³/mol. The minimum atomic E-state index is 0.979. The van der Waals surface area contributed by atoms with Gasteiger partial charge in [0.05, 0.1) is 17.1 Å². The van der Waals surface area contributed by atoms with E-state index in [2.05, 4.69) is 82.3 Å². The van der Waals surface area contributed by atoms with Gasteiger partial charge in [0.2, 0.25) is 0 Å². The van der Waals surface area contributed by atoms with Crippen LogP contribution >= 0.6 is 0 Å². The summed E-state index contributed by atoms with van der Waals surface area (Å²) in [5.74, 6) is 0. The van der Waals surface area contributed by atoms with Gasteiger partial charge in [0.1, 0.15) is 0 Å². The molecule has 0 amide bonds. The van der Waals surface area contributed by atoms with Gasteiger partial charge >= 0.3 is 0 Å². The SMILES string of the molecule is CCCCCCCCCCC=Cc1ccc(N=C(C=Nc2ccc(CCCC)c(CCCC)c2)CCCCCCCC)cc1. The topological polar surface area (TPSA) is 24.7 Å². The lowest BCUT2D eigenvalue weighted by Crippen LogP contribution is -2.00. The Morgan fingerprint density at radius 1 is 0.545 bits per heavy atom. The van der Waals surface area contributed by atoms with Crippen molar-refractivity contribution in [1.29, 1.82) is 0 Å². The van der Waals surface area contributed by atoms with Crippen molar-refractivity contribution in [3.8, 4) is 0 Å². The highest BCUT2D eigenvalue weighted by Crippen LogP contribution is 2.23. The second-order valence-corrected chi connectivity index (χ2v) is 12.8. The maximum absolute atomic E-state index is 5.08. The molecule has 0 aliphatic carbocycles. The van der Waals surface area contributed by atoms with E-state index in [9.17, 15) is 0 Å². The molecular formula is C42H66N2. The van der Waals surface area contributed by atoms with Crippen LogP contribution in [0.2, 0.25) is 0 Å². The zero-order chi connectivity index (χ0) is 31.5. The van der Waals surface area contributed by atoms with E-state index < -0.39 is 0 Å². The minimum Gasteiger partial charge on any atom is -0.255 e. The molecule has 0 aliphatic heterocycles. The Morgan fingerprint density at radius 2 is 1.09 bits per heavy atom. The lowest BCUT2D eigenvalue weighted by atomic mass is 9.97. The molecule has 0 saturated carbocycles. The van der Waals surface area contributed by atoms with Crippen molar-refractivity contribution in [1.82, 2.24) is 0 Å². The number of benzene rings is 2. The van der Waals surface area contributed by atoms with Crippen molar-refractivity contribution in [3.63, 3.8) is 0 Å². The highest BCUT2D eigenvalue weighted by atomic mass is 14.8. The van der Waals surface area contributed by atoms with Crippen molar-refractivity contribution < 1.29 is 0 Å². The van der Waals surface area contributed by atoms with Gasteiger partial charge in [-0.25, -0.2) is 0 Å². The van der Waals surface area contributed by atoms with Crippen LogP contribution in [-0.2, 0) is 12.8 Å². The minimum absolute atomic E-state index is 0.979. The molecule has 0 aromatic heterocycles. The average Bonchev–Trinajstić information content (AvgIpc) is 3.05. The van der Waals surface area contributed by atoms with E-state index in [1.807, 2.05) is 6.21 Å². The average molecular weight is 599 g/mol. The standard InChI is InChI=1S/C42H66N2/c1-5-9-13-15-17-18-19-20-21-23-25-37-29-32-40(33-30-37)44-42(28-24-22-16-14-10-6-2)36-43-41-34-31-38(26-11-7-3)39(35-41)27-12-8-4/h23,25,29-36H,5-22,24,26-28H2,1-4H3. The van der Waals surface area contributed by atoms with Crippen LogP contribution in [0.5, 0.6) is 0 Å². The second kappa shape index (κ2) is 25.8. The van der Waals surface area contributed by atoms with Gasteiger partial charge in [-0.2, -0.15) is 0 Å². The van der Waals surface area contributed by atoms with Crippen molar-refractivity contribution in [2.45, 2.75) is 169 Å². The molecule has 0 spiro atoms. The Balaban J connectivity index is 2.02. The van der Waals surface area contributed by atoms with E-state index in [4.69, 9.17) is 9.98 Å². The van der Waals surface area contributed by atoms with Gasteiger partial charge in [-0.05, 0) is 92.3 Å². The van der Waals surface area contributed by atoms with Gasteiger partial charge < -0.3 is 0 Å². The Morgan fingerprint density at radius 3 is 1.73 bits per heavy atom. The lowest BCUT2D eigenvalue weighted by Gasteiger charge is -2.10. The van der Waals surface area contributed by atoms with Gasteiger partial charge in [0, 0.05) is 6.21 Å². The van der Waals surface area contributed by atoms with Crippen molar-refractivity contribution in [2.75, 3.05) is 0 Å². The van der Waals surface area contributed by atoms with E-state index in [1.165, 1.54) is 145 Å². The first-order chi connectivity index (χ1) is 21.7. The number of allylic oxidation sites excluding steroid dienone is 1. The van der Waals surface area contributed by atoms with E-state index in [-0.39, 0.29) is 0 Å². The van der Waals surface area contributed by atoms with Crippen molar-refractivity contribution in [2.24, 2.45) is 9.98 Å². The number of hydrogen-bond acceptors (Lipinski definition) is 2. The summed E-state index contributed by atoms with van der Waals surface area (Å²) in [5.41, 5.74) is 7.42. The molecule has 2 rings (SSSR count). The number of unbranched alkanes of at least 4 members (excludes halogenated alkanes) is 15. The first kappa shape index (κ1) is 37.7. The summed E-state index contributed by atoms with van der Waals surface area (Å²) < 4.78 is 0. The number of rotatable bonds is 26. The molecule has 0 fully saturated rings. The summed E-state index contributed by atoms with van der Waals surface area (Å²) in [6, 6.07) is 15.6. The quantitative estimate of drug-likeness (QED) is 0.0760. The molecule has 0 radical (unpaired) electrons. The molecule has 2 nitrogen and oxygen atoms in total. The molecular weight excluding hydrogens is 532 g/mol. The van der Waals surface area contributed by atoms with Gasteiger partial charge in [-0.15, -0.1) is 0 Å². The smallest absolute Gasteiger partial charge is 0.0634 e. The van der Waals surface area contributed by atoms with E-state index >= 15 is 0 Å². The van der Waals surface area contributed by atoms with Gasteiger partial charge in [-0.1, -0.05) is 148 Å². The zero-order valence-electron chi connectivity index (χ0n) is 29.2. The number of hydrogen-bond donors (Lipinski definition) is 0. The largest absolute Gasteiger partial charge is 0.255 e. The molecule has 0 bridgehead atoms. The third kappa shape index (κ3) is 17.7. The van der Waals surface area contributed by atoms with Crippen molar-refractivity contribution in [3.05, 3.63) is 65.2 Å². The fourth-order valence-corrected chi connectivity index (χ4v) is 5.73. The third-order valence-electron chi connectivity index (χ3n) is 8.64. The second-order valence-electron chi connectivity index (χ2n) is 12.8. The summed E-state index contributed by atoms with van der Waals surface area (Å²) in [4.78, 5) is 10.0. The first-order valence-corrected chi connectivity index (χ1v) is 18.7. The molecule has 44 heavy (non-hydrogen) atoms. The lowest BCUT2D eigenvalue weighted by molar-refractivity contribution is 0.578. The van der Waals surface area contributed by atoms with Crippen LogP contribution < -0.4 is 0 Å². The monoisotopic (exact) mass is 599 g/mol. The van der Waals surface area contributed by atoms with Crippen LogP contribution in [-0.4, -0.2) is 11.9 Å². The highest BCUT2D eigenvalue weighted by molar-refractivity contribution is 6.31. The zero-order valence-corrected chi connectivity index (χ0v) is 29.2. The predicted octanol–water partition coefficient (Wildman–Crippen LogP) is 14.1. The molecule has 2 aromatic carbocycles. The maximum Gasteiger partial charge on any atom is 0.0634 e. The van der Waals surface area contributed by atoms with Gasteiger partial charge in [0.25, 0.3) is 0 Å². The molecule has 0 unspecified atom stereocenters. The van der Waals surface area contributed by atoms with E-state index in [1.54, 1.807) is 0 Å². The summed E-state index contributed by atoms with van der Waals surface area (Å²) in [6.07, 6.45) is 34.8. The third-order valence-corrected chi connectivity index (χ3v) is 8.64. The number of nitrogens with zero attached hydrogens (tertiary/aromatic N) is 2. The van der Waals surface area contributed by atoms with Crippen LogP contribution in [0.1, 0.15) is 173 Å². The summed E-state index contributed by atoms with van der Waals surface area (Å²) in [6.45, 7) is 9.12. The molecule has 2 aromatic rings. The summed E-state index contributed by atoms with van der Waals surface area (Å²) in [7, 11) is 0. The Kier molecular flexibility index (Phi) is 22.1. The molecule has 0 atom stereocenters. The highest BCUT2D eigenvalue weighted by Gasteiger charge is 2.05. The summed E-state index contributed by atoms with van der Waals surface area (Å²) >= 11 is 0. The van der Waals surface area contributed by atoms with Crippen LogP contribution in [0.3, 0.4) is 0 Å². The molecule has 0 saturated heterocycles. The van der Waals surface area contributed by atoms with Crippen LogP contribution in [0.15, 0.2) is 58.5 Å². The maximum atomic E-state index is 5.08. The molecule has 244 valence electrons. The molecule has 0 heterocycles. The molecule has 0 aliphatic rings. The Labute approximate surface area is 273 Å². The normalized spacial score (nSPS) is 12.2. The number of aryl methyl sites for hydroxylation is 2. The fourth-order valence-electron chi connectivity index (χ4n) is 5.73. The fraction of sp³-hybridized carbons (Fsp3) is 0.619. The van der Waals surface area contributed by atoms with Gasteiger partial charge in [-0.3, -0.25) is 9.98 Å². The van der Waals surface area contributed by atoms with E-state index in [0.717, 1.165) is 29.9 Å². The Hall–Kier alpha value is -2.48. The summed E-state index contributed by atoms with van der Waals surface area (Å²) in [5, 5.41) is 0. The van der Waals surface area contributed by atoms with E-state index in [0.29, 0.717) is 0 Å². The van der Waals surface area contributed by atoms with Gasteiger partial charge in [0.15, 0.2) is 0 Å². The molecule has 0 N–H and O–H groups in total. The van der Waals surface area contributed by atoms with Crippen molar-refractivity contribution >= 4 is 29.4 Å².